The summed E-state index contributed by atoms with van der Waals surface area (Å²) >= 11 is 6.36. The monoisotopic (exact) mass is 228 g/mol. The van der Waals surface area contributed by atoms with Crippen molar-refractivity contribution in [1.82, 2.24) is 0 Å². The van der Waals surface area contributed by atoms with Gasteiger partial charge in [0.1, 0.15) is 4.32 Å². The zero-order chi connectivity index (χ0) is 9.23. The van der Waals surface area contributed by atoms with Gasteiger partial charge in [0.2, 0.25) is 0 Å². The molecule has 0 aliphatic carbocycles. The fourth-order valence-corrected chi connectivity index (χ4v) is 1.85. The van der Waals surface area contributed by atoms with Crippen LogP contribution in [0.4, 0.5) is 0 Å². The van der Waals surface area contributed by atoms with Crippen molar-refractivity contribution in [3.8, 4) is 0 Å². The minimum Gasteiger partial charge on any atom is -0.385 e. The molecule has 0 atom stereocenters. The Bertz CT molecular complexity index is 120. The van der Waals surface area contributed by atoms with Crippen LogP contribution in [0.3, 0.4) is 0 Å². The smallest absolute Gasteiger partial charge is 0.131 e. The van der Waals surface area contributed by atoms with Crippen LogP contribution in [0.25, 0.3) is 0 Å². The number of nitrogens with two attached hydrogens (primary N) is 1. The van der Waals surface area contributed by atoms with Gasteiger partial charge >= 0.3 is 0 Å². The Morgan fingerprint density at radius 1 is 1.15 bits per heavy atom. The quantitative estimate of drug-likeness (QED) is 0.412. The second-order valence-corrected chi connectivity index (χ2v) is 4.77. The zero-order valence-corrected chi connectivity index (χ0v) is 12.5. The minimum absolute atomic E-state index is 0. The summed E-state index contributed by atoms with van der Waals surface area (Å²) in [5, 5.41) is 0. The number of unbranched alkanes of at least 4 members (excludes halogenated alkanes) is 5. The van der Waals surface area contributed by atoms with E-state index in [1.54, 1.807) is 11.8 Å². The normalized spacial score (nSPS) is 9.31. The molecule has 0 heterocycles. The van der Waals surface area contributed by atoms with E-state index in [-0.39, 0.29) is 29.6 Å². The maximum atomic E-state index is 5.35. The Hall–Kier alpha value is 1.24. The molecule has 0 aliphatic heterocycles. The molecule has 1 nitrogen and oxygen atoms in total. The van der Waals surface area contributed by atoms with Crippen molar-refractivity contribution in [2.45, 2.75) is 45.4 Å². The molecule has 13 heavy (non-hydrogen) atoms. The van der Waals surface area contributed by atoms with E-state index >= 15 is 0 Å². The van der Waals surface area contributed by atoms with Gasteiger partial charge in [0.15, 0.2) is 0 Å². The summed E-state index contributed by atoms with van der Waals surface area (Å²) in [4.78, 5) is 0. The molecule has 0 spiro atoms. The van der Waals surface area contributed by atoms with E-state index < -0.39 is 0 Å². The van der Waals surface area contributed by atoms with Crippen molar-refractivity contribution in [2.75, 3.05) is 5.75 Å². The van der Waals surface area contributed by atoms with E-state index in [0.29, 0.717) is 4.32 Å². The molecule has 0 rings (SSSR count). The summed E-state index contributed by atoms with van der Waals surface area (Å²) in [6.07, 6.45) is 8.03. The average Bonchev–Trinajstić information content (AvgIpc) is 2.02. The van der Waals surface area contributed by atoms with Crippen molar-refractivity contribution in [1.29, 1.82) is 0 Å². The van der Waals surface area contributed by atoms with Gasteiger partial charge in [-0.3, -0.25) is 0 Å². The van der Waals surface area contributed by atoms with E-state index in [1.165, 1.54) is 38.5 Å². The van der Waals surface area contributed by atoms with Crippen LogP contribution in [0.5, 0.6) is 0 Å². The van der Waals surface area contributed by atoms with Crippen LogP contribution in [0.15, 0.2) is 0 Å². The van der Waals surface area contributed by atoms with Crippen molar-refractivity contribution >= 4 is 57.9 Å². The molecule has 0 saturated heterocycles. The summed E-state index contributed by atoms with van der Waals surface area (Å²) in [7, 11) is 0. The number of hydrogen-bond acceptors (Lipinski definition) is 2. The SMILES string of the molecule is CCCCCCCCSC(N)=S.[Na]. The second-order valence-electron chi connectivity index (χ2n) is 2.94. The van der Waals surface area contributed by atoms with Crippen LogP contribution in [-0.2, 0) is 0 Å². The first kappa shape index (κ1) is 16.7. The molecule has 0 amide bonds. The molecular weight excluding hydrogens is 209 g/mol. The summed E-state index contributed by atoms with van der Waals surface area (Å²) < 4.78 is 0.587. The topological polar surface area (TPSA) is 26.0 Å². The molecule has 0 unspecified atom stereocenters. The standard InChI is InChI=1S/C9H19NS2.Na/c1-2-3-4-5-6-7-8-12-9(10)11;/h2-8H2,1H3,(H2,10,11);. The third kappa shape index (κ3) is 16.0. The van der Waals surface area contributed by atoms with Gasteiger partial charge in [-0.15, -0.1) is 0 Å². The Balaban J connectivity index is 0. The maximum Gasteiger partial charge on any atom is 0.131 e. The molecule has 2 N–H and O–H groups in total. The first-order chi connectivity index (χ1) is 5.77. The van der Waals surface area contributed by atoms with Crippen LogP contribution in [0.1, 0.15) is 45.4 Å². The minimum atomic E-state index is 0. The first-order valence-corrected chi connectivity index (χ1v) is 6.09. The molecule has 0 fully saturated rings. The molecule has 73 valence electrons. The van der Waals surface area contributed by atoms with Crippen LogP contribution in [0, 0.1) is 0 Å². The molecule has 0 aromatic heterocycles. The van der Waals surface area contributed by atoms with Gasteiger partial charge in [-0.25, -0.2) is 0 Å². The fourth-order valence-electron chi connectivity index (χ4n) is 1.06. The van der Waals surface area contributed by atoms with Gasteiger partial charge in [0.05, 0.1) is 0 Å². The van der Waals surface area contributed by atoms with Gasteiger partial charge in [-0.1, -0.05) is 63.0 Å². The van der Waals surface area contributed by atoms with Crippen molar-refractivity contribution in [3.05, 3.63) is 0 Å². The third-order valence-electron chi connectivity index (χ3n) is 1.74. The van der Waals surface area contributed by atoms with E-state index in [4.69, 9.17) is 18.0 Å². The average molecular weight is 228 g/mol. The predicted molar refractivity (Wildman–Crippen MR) is 68.4 cm³/mol. The molecule has 0 aromatic rings. The van der Waals surface area contributed by atoms with E-state index in [9.17, 15) is 0 Å². The first-order valence-electron chi connectivity index (χ1n) is 4.69. The second kappa shape index (κ2) is 13.2. The van der Waals surface area contributed by atoms with Crippen molar-refractivity contribution < 1.29 is 0 Å². The van der Waals surface area contributed by atoms with Gasteiger partial charge < -0.3 is 5.73 Å². The number of hydrogen-bond donors (Lipinski definition) is 1. The summed E-state index contributed by atoms with van der Waals surface area (Å²) in [6.45, 7) is 2.24. The van der Waals surface area contributed by atoms with Crippen LogP contribution < -0.4 is 5.73 Å². The Kier molecular flexibility index (Phi) is 17.0. The van der Waals surface area contributed by atoms with Gasteiger partial charge in [-0.05, 0) is 6.42 Å². The summed E-state index contributed by atoms with van der Waals surface area (Å²) in [5.74, 6) is 1.10. The Morgan fingerprint density at radius 2 is 1.69 bits per heavy atom. The van der Waals surface area contributed by atoms with E-state index in [1.807, 2.05) is 0 Å². The fraction of sp³-hybridized carbons (Fsp3) is 0.889. The van der Waals surface area contributed by atoms with Crippen LogP contribution >= 0.6 is 24.0 Å². The molecule has 0 bridgehead atoms. The zero-order valence-electron chi connectivity index (χ0n) is 8.84. The maximum absolute atomic E-state index is 5.35. The molecule has 0 aliphatic rings. The summed E-state index contributed by atoms with van der Waals surface area (Å²) in [5.41, 5.74) is 5.35. The van der Waals surface area contributed by atoms with Crippen molar-refractivity contribution in [2.24, 2.45) is 5.73 Å². The Labute approximate surface area is 114 Å². The number of thiocarbonyl (C=S) groups is 1. The van der Waals surface area contributed by atoms with Crippen LogP contribution in [0.2, 0.25) is 0 Å². The van der Waals surface area contributed by atoms with Crippen LogP contribution in [-0.4, -0.2) is 39.6 Å². The molecule has 0 aromatic carbocycles. The van der Waals surface area contributed by atoms with E-state index in [2.05, 4.69) is 6.92 Å². The van der Waals surface area contributed by atoms with Gasteiger partial charge in [0.25, 0.3) is 0 Å². The number of rotatable bonds is 7. The largest absolute Gasteiger partial charge is 0.385 e. The van der Waals surface area contributed by atoms with Gasteiger partial charge in [-0.2, -0.15) is 0 Å². The van der Waals surface area contributed by atoms with E-state index in [0.717, 1.165) is 5.75 Å². The molecule has 1 radical (unpaired) electrons. The third-order valence-corrected chi connectivity index (χ3v) is 2.87. The van der Waals surface area contributed by atoms with Crippen molar-refractivity contribution in [3.63, 3.8) is 0 Å². The molecule has 0 saturated carbocycles. The summed E-state index contributed by atoms with van der Waals surface area (Å²) in [6, 6.07) is 0. The molecule has 4 heteroatoms. The predicted octanol–water partition coefficient (Wildman–Crippen LogP) is 2.94. The number of thioether (sulfide) groups is 1. The molecular formula is C9H19NNaS2. The van der Waals surface area contributed by atoms with Gasteiger partial charge in [0, 0.05) is 35.3 Å². The Morgan fingerprint density at radius 3 is 2.23 bits per heavy atom.